The molecule has 0 N–H and O–H groups in total. The monoisotopic (exact) mass is 368 g/mol. The molecular weight excluding hydrogens is 348 g/mol. The summed E-state index contributed by atoms with van der Waals surface area (Å²) in [5, 5.41) is 12.0. The molecule has 2 aromatic carbocycles. The summed E-state index contributed by atoms with van der Waals surface area (Å²) in [4.78, 5) is 42.4. The molecule has 140 valence electrons. The minimum absolute atomic E-state index is 0.0953. The maximum Gasteiger partial charge on any atom is 0.277 e. The van der Waals surface area contributed by atoms with Gasteiger partial charge in [-0.3, -0.25) is 29.5 Å². The molecule has 0 aromatic heterocycles. The van der Waals surface area contributed by atoms with Crippen LogP contribution >= 0.6 is 0 Å². The summed E-state index contributed by atoms with van der Waals surface area (Å²) in [6.07, 6.45) is 0. The lowest BCUT2D eigenvalue weighted by Crippen LogP contribution is -2.49. The summed E-state index contributed by atoms with van der Waals surface area (Å²) >= 11 is 0. The van der Waals surface area contributed by atoms with E-state index in [1.807, 2.05) is 0 Å². The Morgan fingerprint density at radius 1 is 0.963 bits per heavy atom. The molecule has 0 radical (unpaired) electrons. The number of imide groups is 1. The van der Waals surface area contributed by atoms with Crippen LogP contribution in [0.25, 0.3) is 10.8 Å². The van der Waals surface area contributed by atoms with Crippen LogP contribution in [0.5, 0.6) is 0 Å². The Morgan fingerprint density at radius 3 is 2.30 bits per heavy atom. The molecule has 2 aliphatic heterocycles. The van der Waals surface area contributed by atoms with E-state index in [0.717, 1.165) is 26.2 Å². The van der Waals surface area contributed by atoms with Crippen LogP contribution in [0, 0.1) is 10.1 Å². The van der Waals surface area contributed by atoms with E-state index >= 15 is 0 Å². The lowest BCUT2D eigenvalue weighted by atomic mass is 9.93. The molecule has 0 atom stereocenters. The van der Waals surface area contributed by atoms with Crippen LogP contribution in [0.1, 0.15) is 20.7 Å². The second-order valence-corrected chi connectivity index (χ2v) is 7.02. The number of carbonyl (C=O) groups is 2. The number of nitrogens with zero attached hydrogens (tertiary/aromatic N) is 4. The first-order valence-electron chi connectivity index (χ1n) is 8.94. The first-order valence-corrected chi connectivity index (χ1v) is 8.94. The number of hydrogen-bond acceptors (Lipinski definition) is 6. The number of carbonyl (C=O) groups excluding carboxylic acids is 2. The van der Waals surface area contributed by atoms with Crippen molar-refractivity contribution in [3.8, 4) is 0 Å². The lowest BCUT2D eigenvalue weighted by molar-refractivity contribution is -0.383. The number of rotatable bonds is 4. The minimum Gasteiger partial charge on any atom is -0.304 e. The van der Waals surface area contributed by atoms with Crippen molar-refractivity contribution < 1.29 is 14.5 Å². The highest BCUT2D eigenvalue weighted by molar-refractivity contribution is 6.26. The number of benzene rings is 2. The number of hydrogen-bond donors (Lipinski definition) is 0. The summed E-state index contributed by atoms with van der Waals surface area (Å²) in [7, 11) is 2.08. The van der Waals surface area contributed by atoms with Crippen molar-refractivity contribution in [3.05, 3.63) is 51.6 Å². The number of amides is 2. The van der Waals surface area contributed by atoms with E-state index in [9.17, 15) is 19.7 Å². The summed E-state index contributed by atoms with van der Waals surface area (Å²) in [5.41, 5.74) is 0.607. The molecule has 8 heteroatoms. The van der Waals surface area contributed by atoms with E-state index in [-0.39, 0.29) is 17.5 Å². The first-order chi connectivity index (χ1) is 13.0. The van der Waals surface area contributed by atoms with Gasteiger partial charge in [0.15, 0.2) is 0 Å². The number of piperazine rings is 1. The van der Waals surface area contributed by atoms with E-state index in [2.05, 4.69) is 16.8 Å². The quantitative estimate of drug-likeness (QED) is 0.463. The molecule has 0 aliphatic carbocycles. The Hall–Kier alpha value is -2.84. The van der Waals surface area contributed by atoms with Gasteiger partial charge in [0.05, 0.1) is 10.3 Å². The first kappa shape index (κ1) is 17.6. The standard InChI is InChI=1S/C19H20N4O4/c1-20-7-9-21(10-8-20)11-12-22-18(24)14-4-2-3-13-16(23(26)27)6-5-15(17(13)14)19(22)25/h2-6H,7-12H2,1H3. The molecule has 1 fully saturated rings. The van der Waals surface area contributed by atoms with E-state index in [0.29, 0.717) is 35.0 Å². The third-order valence-electron chi connectivity index (χ3n) is 5.40. The molecule has 2 aromatic rings. The van der Waals surface area contributed by atoms with Crippen molar-refractivity contribution in [2.24, 2.45) is 0 Å². The molecule has 0 unspecified atom stereocenters. The third kappa shape index (κ3) is 2.96. The summed E-state index contributed by atoms with van der Waals surface area (Å²) in [6.45, 7) is 4.69. The Morgan fingerprint density at radius 2 is 1.63 bits per heavy atom. The molecule has 8 nitrogen and oxygen atoms in total. The molecule has 27 heavy (non-hydrogen) atoms. The van der Waals surface area contributed by atoms with Crippen LogP contribution in [0.3, 0.4) is 0 Å². The zero-order chi connectivity index (χ0) is 19.1. The van der Waals surface area contributed by atoms with Gasteiger partial charge in [0.1, 0.15) is 0 Å². The maximum absolute atomic E-state index is 12.9. The Labute approximate surface area is 156 Å². The largest absolute Gasteiger partial charge is 0.304 e. The molecule has 0 bridgehead atoms. The second kappa shape index (κ2) is 6.71. The average molecular weight is 368 g/mol. The van der Waals surface area contributed by atoms with Gasteiger partial charge in [0, 0.05) is 61.8 Å². The van der Waals surface area contributed by atoms with Gasteiger partial charge in [-0.2, -0.15) is 0 Å². The van der Waals surface area contributed by atoms with Crippen LogP contribution in [0.2, 0.25) is 0 Å². The van der Waals surface area contributed by atoms with Gasteiger partial charge in [0.2, 0.25) is 0 Å². The Balaban J connectivity index is 1.64. The molecular formula is C19H20N4O4. The fourth-order valence-corrected chi connectivity index (χ4v) is 3.81. The Bertz CT molecular complexity index is 928. The van der Waals surface area contributed by atoms with Crippen LogP contribution < -0.4 is 0 Å². The van der Waals surface area contributed by atoms with Crippen LogP contribution in [0.4, 0.5) is 5.69 Å². The summed E-state index contributed by atoms with van der Waals surface area (Å²) < 4.78 is 0. The SMILES string of the molecule is CN1CCN(CCN2C(=O)c3cccc4c([N+](=O)[O-])ccc(c34)C2=O)CC1. The molecule has 0 saturated carbocycles. The van der Waals surface area contributed by atoms with Crippen molar-refractivity contribution in [2.45, 2.75) is 0 Å². The molecule has 2 heterocycles. The van der Waals surface area contributed by atoms with Crippen molar-refractivity contribution in [2.75, 3.05) is 46.3 Å². The van der Waals surface area contributed by atoms with Crippen molar-refractivity contribution in [1.29, 1.82) is 0 Å². The van der Waals surface area contributed by atoms with Crippen LogP contribution in [0.15, 0.2) is 30.3 Å². The minimum atomic E-state index is -0.488. The Kier molecular flexibility index (Phi) is 4.37. The van der Waals surface area contributed by atoms with Crippen molar-refractivity contribution in [1.82, 2.24) is 14.7 Å². The fraction of sp³-hybridized carbons (Fsp3) is 0.368. The number of likely N-dealkylation sites (N-methyl/N-ethyl adjacent to an activating group) is 1. The normalized spacial score (nSPS) is 18.3. The van der Waals surface area contributed by atoms with Crippen LogP contribution in [-0.4, -0.2) is 77.8 Å². The smallest absolute Gasteiger partial charge is 0.277 e. The van der Waals surface area contributed by atoms with Gasteiger partial charge in [-0.05, 0) is 25.2 Å². The average Bonchev–Trinajstić information content (AvgIpc) is 2.66. The number of nitro groups is 1. The lowest BCUT2D eigenvalue weighted by Gasteiger charge is -2.34. The number of nitro benzene ring substituents is 1. The second-order valence-electron chi connectivity index (χ2n) is 7.02. The molecule has 2 amide bonds. The van der Waals surface area contributed by atoms with Gasteiger partial charge in [0.25, 0.3) is 17.5 Å². The van der Waals surface area contributed by atoms with Crippen molar-refractivity contribution >= 4 is 28.3 Å². The summed E-state index contributed by atoms with van der Waals surface area (Å²) in [5.74, 6) is -0.763. The zero-order valence-electron chi connectivity index (χ0n) is 15.1. The van der Waals surface area contributed by atoms with Gasteiger partial charge >= 0.3 is 0 Å². The van der Waals surface area contributed by atoms with Crippen LogP contribution in [-0.2, 0) is 0 Å². The molecule has 2 aliphatic rings. The van der Waals surface area contributed by atoms with E-state index < -0.39 is 4.92 Å². The van der Waals surface area contributed by atoms with E-state index in [1.54, 1.807) is 18.2 Å². The fourth-order valence-electron chi connectivity index (χ4n) is 3.81. The van der Waals surface area contributed by atoms with Crippen molar-refractivity contribution in [3.63, 3.8) is 0 Å². The molecule has 4 rings (SSSR count). The van der Waals surface area contributed by atoms with Gasteiger partial charge < -0.3 is 4.90 Å². The topological polar surface area (TPSA) is 87.0 Å². The van der Waals surface area contributed by atoms with E-state index in [4.69, 9.17) is 0 Å². The summed E-state index contributed by atoms with van der Waals surface area (Å²) in [6, 6.07) is 7.64. The van der Waals surface area contributed by atoms with Gasteiger partial charge in [-0.25, -0.2) is 0 Å². The maximum atomic E-state index is 12.9. The highest BCUT2D eigenvalue weighted by Crippen LogP contribution is 2.35. The third-order valence-corrected chi connectivity index (χ3v) is 5.40. The number of non-ortho nitro benzene ring substituents is 1. The highest BCUT2D eigenvalue weighted by atomic mass is 16.6. The van der Waals surface area contributed by atoms with Gasteiger partial charge in [-0.15, -0.1) is 0 Å². The van der Waals surface area contributed by atoms with Gasteiger partial charge in [-0.1, -0.05) is 6.07 Å². The highest BCUT2D eigenvalue weighted by Gasteiger charge is 2.34. The predicted molar refractivity (Wildman–Crippen MR) is 99.9 cm³/mol. The zero-order valence-corrected chi connectivity index (χ0v) is 15.1. The molecule has 1 saturated heterocycles. The molecule has 0 spiro atoms. The predicted octanol–water partition coefficient (Wildman–Crippen LogP) is 1.59. The van der Waals surface area contributed by atoms with E-state index in [1.165, 1.54) is 17.0 Å².